The minimum absolute atomic E-state index is 0.00400. The molecule has 62 heavy (non-hydrogen) atoms. The van der Waals surface area contributed by atoms with Gasteiger partial charge in [-0.05, 0) is 37.1 Å². The highest BCUT2D eigenvalue weighted by Crippen LogP contribution is 2.53. The number of aromatic hydroxyl groups is 1. The molecule has 24 heteroatoms. The van der Waals surface area contributed by atoms with E-state index >= 15 is 0 Å². The number of nitrogens with zero attached hydrogens (tertiary/aromatic N) is 2. The quantitative estimate of drug-likeness (QED) is 0.0329. The number of nitrogen functional groups attached to an aromatic ring is 1. The van der Waals surface area contributed by atoms with Crippen LogP contribution in [0, 0.1) is 0 Å². The van der Waals surface area contributed by atoms with Gasteiger partial charge in [-0.3, -0.25) is 23.2 Å². The Labute approximate surface area is 370 Å². The van der Waals surface area contributed by atoms with E-state index in [9.17, 15) is 44.0 Å². The molecule has 1 fully saturated rings. The number of rotatable bonds is 17. The van der Waals surface area contributed by atoms with Crippen LogP contribution in [-0.4, -0.2) is 87.8 Å². The van der Waals surface area contributed by atoms with Crippen LogP contribution in [-0.2, 0) is 18.3 Å². The molecule has 3 aliphatic rings. The van der Waals surface area contributed by atoms with Gasteiger partial charge in [-0.1, -0.05) is 59.2 Å². The van der Waals surface area contributed by atoms with Crippen molar-refractivity contribution in [1.82, 2.24) is 14.9 Å². The molecule has 0 saturated carbocycles. The van der Waals surface area contributed by atoms with Crippen molar-refractivity contribution in [1.29, 1.82) is 0 Å². The van der Waals surface area contributed by atoms with Crippen molar-refractivity contribution in [2.75, 3.05) is 39.7 Å². The van der Waals surface area contributed by atoms with Crippen molar-refractivity contribution in [3.05, 3.63) is 82.4 Å². The Morgan fingerprint density at radius 2 is 1.71 bits per heavy atom. The molecule has 4 atom stereocenters. The number of aromatic carboxylic acids is 1. The molecule has 3 heterocycles. The van der Waals surface area contributed by atoms with Crippen LogP contribution in [0.1, 0.15) is 59.0 Å². The Bertz CT molecular complexity index is 2700. The number of hydrogen-bond acceptors (Lipinski definition) is 15. The number of amides is 1. The van der Waals surface area contributed by atoms with Gasteiger partial charge in [0.25, 0.3) is 5.91 Å². The van der Waals surface area contributed by atoms with E-state index in [4.69, 9.17) is 79.8 Å². The number of aliphatic hydroxyl groups excluding tert-OH is 1. The molecule has 1 amide bonds. The van der Waals surface area contributed by atoms with Gasteiger partial charge < -0.3 is 49.9 Å². The van der Waals surface area contributed by atoms with Crippen LogP contribution in [0.25, 0.3) is 33.4 Å². The number of phenolic OH excluding ortho intramolecular Hbond substituents is 1. The number of phosphoric acid groups is 1. The summed E-state index contributed by atoms with van der Waals surface area (Å²) in [6, 6.07) is 4.93. The zero-order valence-corrected chi connectivity index (χ0v) is 36.4. The second-order valence-electron chi connectivity index (χ2n) is 13.7. The summed E-state index contributed by atoms with van der Waals surface area (Å²) < 4.78 is 46.1. The van der Waals surface area contributed by atoms with Crippen LogP contribution in [0.5, 0.6) is 17.2 Å². The first-order valence-electron chi connectivity index (χ1n) is 18.4. The van der Waals surface area contributed by atoms with Crippen molar-refractivity contribution in [2.24, 2.45) is 0 Å². The highest BCUT2D eigenvalue weighted by molar-refractivity contribution is 7.47. The maximum Gasteiger partial charge on any atom is 0.472 e. The minimum Gasteiger partial charge on any atom is -0.503 e. The standard InChI is InChI=1S/C38H37Cl4N4O15P/c1-56-34-30(48)20(40)11-16-26(17-12-21(41)31(49)35(57-2)33(17)61-32(16)34)28-27(37(51)52)19(39)13-18(29(28)42)36(50)44-8-5-3-4-6-10-58-62(54,55)59-15-23-22(47)14-25(60-23)46-9-7-24(43)45-38(46)53/h7,9,11-13,22-23,25,47-48H,3-6,8,10,14-15H2,1-2H3,(H,44,50)(H,51,52)(H,54,55)(H2,43,45,53)/t22-,23-,25-/m1/s1. The second kappa shape index (κ2) is 19.4. The van der Waals surface area contributed by atoms with Crippen LogP contribution >= 0.6 is 54.2 Å². The van der Waals surface area contributed by atoms with Crippen molar-refractivity contribution in [3.63, 3.8) is 0 Å². The number of anilines is 1. The van der Waals surface area contributed by atoms with E-state index in [1.54, 1.807) is 0 Å². The van der Waals surface area contributed by atoms with Crippen LogP contribution in [0.4, 0.5) is 5.82 Å². The number of fused-ring (bicyclic) bond motifs is 2. The van der Waals surface area contributed by atoms with E-state index < -0.39 is 67.2 Å². The zero-order valence-electron chi connectivity index (χ0n) is 32.5. The van der Waals surface area contributed by atoms with E-state index in [-0.39, 0.29) is 96.0 Å². The molecule has 19 nitrogen and oxygen atoms in total. The fraction of sp³-hybridized carbons (Fsp3) is 0.342. The molecule has 7 N–H and O–H groups in total. The average Bonchev–Trinajstić information content (AvgIpc) is 3.58. The van der Waals surface area contributed by atoms with Gasteiger partial charge in [-0.2, -0.15) is 4.98 Å². The number of phenols is 1. The largest absolute Gasteiger partial charge is 0.503 e. The fourth-order valence-electron chi connectivity index (χ4n) is 6.83. The maximum atomic E-state index is 13.6. The van der Waals surface area contributed by atoms with Gasteiger partial charge in [0, 0.05) is 41.2 Å². The number of halogens is 4. The third kappa shape index (κ3) is 9.62. The van der Waals surface area contributed by atoms with Crippen LogP contribution in [0.2, 0.25) is 20.1 Å². The van der Waals surface area contributed by atoms with Crippen LogP contribution in [0.15, 0.2) is 44.5 Å². The molecule has 2 aromatic carbocycles. The van der Waals surface area contributed by atoms with E-state index in [0.29, 0.717) is 25.7 Å². The Morgan fingerprint density at radius 3 is 2.39 bits per heavy atom. The van der Waals surface area contributed by atoms with Gasteiger partial charge in [0.05, 0.1) is 64.8 Å². The Hall–Kier alpha value is -4.66. The van der Waals surface area contributed by atoms with Crippen molar-refractivity contribution in [3.8, 4) is 39.7 Å². The molecular formula is C38H37Cl4N4O15P. The van der Waals surface area contributed by atoms with E-state index in [0.717, 1.165) is 10.6 Å². The lowest BCUT2D eigenvalue weighted by Gasteiger charge is -2.22. The Morgan fingerprint density at radius 1 is 1.00 bits per heavy atom. The molecular weight excluding hydrogens is 925 g/mol. The lowest BCUT2D eigenvalue weighted by molar-refractivity contribution is -0.0464. The van der Waals surface area contributed by atoms with E-state index in [2.05, 4.69) is 10.3 Å². The smallest absolute Gasteiger partial charge is 0.472 e. The molecule has 3 aromatic rings. The molecule has 0 spiro atoms. The number of nitrogens with two attached hydrogens (primary N) is 1. The number of aliphatic hydroxyl groups is 1. The summed E-state index contributed by atoms with van der Waals surface area (Å²) in [4.78, 5) is 65.4. The normalized spacial score (nSPS) is 17.3. The first-order chi connectivity index (χ1) is 29.4. The molecule has 1 aliphatic carbocycles. The number of carboxylic acid groups (broad SMARTS) is 1. The lowest BCUT2D eigenvalue weighted by Crippen LogP contribution is -2.28. The third-order valence-electron chi connectivity index (χ3n) is 9.76. The number of hydrogen-bond donors (Lipinski definition) is 6. The zero-order chi connectivity index (χ0) is 45.2. The Kier molecular flexibility index (Phi) is 14.6. The molecule has 332 valence electrons. The van der Waals surface area contributed by atoms with Gasteiger partial charge in [-0.15, -0.1) is 0 Å². The highest BCUT2D eigenvalue weighted by atomic mass is 35.5. The van der Waals surface area contributed by atoms with Gasteiger partial charge in [0.15, 0.2) is 17.1 Å². The third-order valence-corrected chi connectivity index (χ3v) is 12.0. The first kappa shape index (κ1) is 46.8. The van der Waals surface area contributed by atoms with Crippen LogP contribution in [0.3, 0.4) is 0 Å². The number of methoxy groups -OCH3 is 2. The van der Waals surface area contributed by atoms with Gasteiger partial charge >= 0.3 is 19.5 Å². The molecule has 0 radical (unpaired) electrons. The number of aromatic nitrogens is 2. The summed E-state index contributed by atoms with van der Waals surface area (Å²) >= 11 is 26.2. The number of carbonyl (C=O) groups is 2. The fourth-order valence-corrected chi connectivity index (χ4v) is 8.61. The molecule has 1 aromatic heterocycles. The number of benzene rings is 3. The SMILES string of the molecule is COc1c2oc3c(OC)c(O)c(Cl)cc3c(-c3c(Cl)c(C(=O)NCCCCCCOP(=O)(O)OC[C@H]4O[C@@H](n5ccc(N)nc5=O)C[C@H]4O)cc(Cl)c3C(=O)O)c-2cc(Cl)c1=O. The predicted octanol–water partition coefficient (Wildman–Crippen LogP) is 6.51. The molecule has 1 unspecified atom stereocenters. The number of phosphoric ester groups is 1. The highest BCUT2D eigenvalue weighted by Gasteiger charge is 2.38. The monoisotopic (exact) mass is 960 g/mol. The average molecular weight is 963 g/mol. The number of nitrogens with one attached hydrogen (secondary N) is 1. The lowest BCUT2D eigenvalue weighted by atomic mass is 9.88. The number of unbranched alkanes of at least 4 members (excludes halogenated alkanes) is 3. The molecule has 6 rings (SSSR count). The predicted molar refractivity (Wildman–Crippen MR) is 226 cm³/mol. The summed E-state index contributed by atoms with van der Waals surface area (Å²) in [5, 5.41) is 32.9. The summed E-state index contributed by atoms with van der Waals surface area (Å²) in [5.74, 6) is -3.66. The molecule has 2 aliphatic heterocycles. The number of ether oxygens (including phenoxy) is 3. The summed E-state index contributed by atoms with van der Waals surface area (Å²) in [5.41, 5.74) is 2.78. The van der Waals surface area contributed by atoms with Crippen molar-refractivity contribution >= 4 is 82.9 Å². The van der Waals surface area contributed by atoms with Gasteiger partial charge in [0.2, 0.25) is 16.9 Å². The van der Waals surface area contributed by atoms with Gasteiger partial charge in [0.1, 0.15) is 18.1 Å². The summed E-state index contributed by atoms with van der Waals surface area (Å²) in [6.45, 7) is -0.530. The Balaban J connectivity index is 1.11. The molecule has 1 saturated heterocycles. The minimum atomic E-state index is -4.54. The van der Waals surface area contributed by atoms with Gasteiger partial charge in [-0.25, -0.2) is 14.2 Å². The van der Waals surface area contributed by atoms with E-state index in [1.165, 1.54) is 38.6 Å². The molecule has 0 bridgehead atoms. The van der Waals surface area contributed by atoms with Crippen molar-refractivity contribution < 1.29 is 62.0 Å². The second-order valence-corrected chi connectivity index (χ2v) is 16.8. The summed E-state index contributed by atoms with van der Waals surface area (Å²) in [7, 11) is -2.15. The topological polar surface area (TPSA) is 281 Å². The summed E-state index contributed by atoms with van der Waals surface area (Å²) in [6.07, 6.45) is 0.153. The van der Waals surface area contributed by atoms with Crippen molar-refractivity contribution in [2.45, 2.75) is 50.5 Å². The van der Waals surface area contributed by atoms with Crippen LogP contribution < -0.4 is 31.6 Å². The maximum absolute atomic E-state index is 13.6. The number of carbonyl (C=O) groups excluding carboxylic acids is 1. The first-order valence-corrected chi connectivity index (χ1v) is 21.5. The number of carboxylic acids is 1. The van der Waals surface area contributed by atoms with E-state index in [1.807, 2.05) is 0 Å².